The summed E-state index contributed by atoms with van der Waals surface area (Å²) >= 11 is 1.21. The van der Waals surface area contributed by atoms with Crippen molar-refractivity contribution in [2.24, 2.45) is 0 Å². The maximum atomic E-state index is 12.0. The number of rotatable bonds is 4. The predicted octanol–water partition coefficient (Wildman–Crippen LogP) is 2.11. The molecule has 0 saturated heterocycles. The third-order valence-electron chi connectivity index (χ3n) is 2.70. The summed E-state index contributed by atoms with van der Waals surface area (Å²) in [7, 11) is 4.86. The molecule has 0 spiro atoms. The summed E-state index contributed by atoms with van der Waals surface area (Å²) in [5.41, 5.74) is 0.807. The molecule has 0 fully saturated rings. The Kier molecular flexibility index (Phi) is 4.54. The number of methoxy groups -OCH3 is 1. The maximum absolute atomic E-state index is 12.0. The van der Waals surface area contributed by atoms with Gasteiger partial charge in [-0.3, -0.25) is 14.9 Å². The topological polar surface area (TPSA) is 71.5 Å². The fourth-order valence-corrected chi connectivity index (χ4v) is 2.25. The molecule has 1 N–H and O–H groups in total. The summed E-state index contributed by atoms with van der Waals surface area (Å²) < 4.78 is 5.04. The second-order valence-electron chi connectivity index (χ2n) is 4.42. The molecule has 0 radical (unpaired) electrons. The Hall–Kier alpha value is -2.41. The van der Waals surface area contributed by atoms with Gasteiger partial charge in [0.05, 0.1) is 7.11 Å². The Morgan fingerprint density at radius 1 is 1.24 bits per heavy atom. The van der Waals surface area contributed by atoms with Crippen LogP contribution in [0.5, 0.6) is 5.75 Å². The molecule has 21 heavy (non-hydrogen) atoms. The first-order chi connectivity index (χ1) is 10.0. The van der Waals surface area contributed by atoms with E-state index in [0.717, 1.165) is 0 Å². The van der Waals surface area contributed by atoms with E-state index in [4.69, 9.17) is 4.74 Å². The lowest BCUT2D eigenvalue weighted by Crippen LogP contribution is -2.22. The molecule has 6 nitrogen and oxygen atoms in total. The quantitative estimate of drug-likeness (QED) is 0.939. The molecular formula is C14H15N3O3S. The van der Waals surface area contributed by atoms with E-state index in [1.807, 2.05) is 0 Å². The van der Waals surface area contributed by atoms with Crippen LogP contribution >= 0.6 is 11.3 Å². The van der Waals surface area contributed by atoms with Crippen LogP contribution in [0.1, 0.15) is 20.8 Å². The number of carbonyl (C=O) groups excluding carboxylic acids is 2. The molecule has 2 amide bonds. The fourth-order valence-electron chi connectivity index (χ4n) is 1.57. The standard InChI is InChI=1S/C14H15N3O3S/c1-17(2)13(19)11-8-21-14(15-11)16-12(18)9-4-6-10(20-3)7-5-9/h4-8H,1-3H3,(H,15,16,18). The zero-order chi connectivity index (χ0) is 15.4. The predicted molar refractivity (Wildman–Crippen MR) is 81.1 cm³/mol. The molecule has 1 aromatic heterocycles. The Bertz CT molecular complexity index is 650. The molecule has 0 aliphatic rings. The van der Waals surface area contributed by atoms with Crippen molar-refractivity contribution in [3.8, 4) is 5.75 Å². The number of carbonyl (C=O) groups is 2. The third-order valence-corrected chi connectivity index (χ3v) is 3.46. The molecule has 0 aliphatic carbocycles. The van der Waals surface area contributed by atoms with Crippen LogP contribution in [0.3, 0.4) is 0 Å². The van der Waals surface area contributed by atoms with Gasteiger partial charge in [0, 0.05) is 25.0 Å². The first kappa shape index (κ1) is 15.0. The van der Waals surface area contributed by atoms with Crippen LogP contribution in [0.25, 0.3) is 0 Å². The number of hydrogen-bond acceptors (Lipinski definition) is 5. The summed E-state index contributed by atoms with van der Waals surface area (Å²) in [6, 6.07) is 6.73. The minimum Gasteiger partial charge on any atom is -0.497 e. The minimum absolute atomic E-state index is 0.198. The van der Waals surface area contributed by atoms with Gasteiger partial charge in [-0.15, -0.1) is 11.3 Å². The Morgan fingerprint density at radius 2 is 1.90 bits per heavy atom. The van der Waals surface area contributed by atoms with Gasteiger partial charge in [0.25, 0.3) is 11.8 Å². The summed E-state index contributed by atoms with van der Waals surface area (Å²) in [5, 5.41) is 4.67. The average Bonchev–Trinajstić information content (AvgIpc) is 2.94. The van der Waals surface area contributed by atoms with Crippen molar-refractivity contribution in [2.75, 3.05) is 26.5 Å². The second-order valence-corrected chi connectivity index (χ2v) is 5.28. The van der Waals surface area contributed by atoms with Gasteiger partial charge in [-0.05, 0) is 24.3 Å². The number of nitrogens with one attached hydrogen (secondary N) is 1. The highest BCUT2D eigenvalue weighted by molar-refractivity contribution is 7.14. The highest BCUT2D eigenvalue weighted by atomic mass is 32.1. The fraction of sp³-hybridized carbons (Fsp3) is 0.214. The zero-order valence-corrected chi connectivity index (χ0v) is 12.7. The van der Waals surface area contributed by atoms with Crippen molar-refractivity contribution in [3.63, 3.8) is 0 Å². The van der Waals surface area contributed by atoms with E-state index < -0.39 is 0 Å². The van der Waals surface area contributed by atoms with Crippen LogP contribution in [0.4, 0.5) is 5.13 Å². The van der Waals surface area contributed by atoms with E-state index in [9.17, 15) is 9.59 Å². The van der Waals surface area contributed by atoms with Crippen molar-refractivity contribution in [2.45, 2.75) is 0 Å². The number of hydrogen-bond donors (Lipinski definition) is 1. The highest BCUT2D eigenvalue weighted by Gasteiger charge is 2.14. The zero-order valence-electron chi connectivity index (χ0n) is 11.9. The van der Waals surface area contributed by atoms with Gasteiger partial charge in [-0.1, -0.05) is 0 Å². The Labute approximate surface area is 126 Å². The van der Waals surface area contributed by atoms with E-state index in [1.54, 1.807) is 50.9 Å². The largest absolute Gasteiger partial charge is 0.497 e. The number of thiazole rings is 1. The van der Waals surface area contributed by atoms with E-state index in [1.165, 1.54) is 16.2 Å². The average molecular weight is 305 g/mol. The summed E-state index contributed by atoms with van der Waals surface area (Å²) in [4.78, 5) is 29.3. The Balaban J connectivity index is 2.07. The number of ether oxygens (including phenoxy) is 1. The number of anilines is 1. The van der Waals surface area contributed by atoms with E-state index in [0.29, 0.717) is 22.1 Å². The van der Waals surface area contributed by atoms with Gasteiger partial charge in [-0.25, -0.2) is 4.98 Å². The molecule has 0 unspecified atom stereocenters. The van der Waals surface area contributed by atoms with Crippen LogP contribution in [0.15, 0.2) is 29.6 Å². The molecule has 0 atom stereocenters. The van der Waals surface area contributed by atoms with Crippen LogP contribution in [0.2, 0.25) is 0 Å². The molecule has 0 saturated carbocycles. The second kappa shape index (κ2) is 6.36. The molecule has 7 heteroatoms. The third kappa shape index (κ3) is 3.57. The van der Waals surface area contributed by atoms with Crippen molar-refractivity contribution in [3.05, 3.63) is 40.9 Å². The van der Waals surface area contributed by atoms with Gasteiger partial charge in [0.1, 0.15) is 11.4 Å². The van der Waals surface area contributed by atoms with Crippen molar-refractivity contribution in [1.82, 2.24) is 9.88 Å². The highest BCUT2D eigenvalue weighted by Crippen LogP contribution is 2.18. The summed E-state index contributed by atoms with van der Waals surface area (Å²) in [6.45, 7) is 0. The first-order valence-electron chi connectivity index (χ1n) is 6.14. The smallest absolute Gasteiger partial charge is 0.272 e. The van der Waals surface area contributed by atoms with Crippen LogP contribution < -0.4 is 10.1 Å². The van der Waals surface area contributed by atoms with E-state index in [-0.39, 0.29) is 11.8 Å². The molecular weight excluding hydrogens is 290 g/mol. The number of aromatic nitrogens is 1. The SMILES string of the molecule is COc1ccc(C(=O)Nc2nc(C(=O)N(C)C)cs2)cc1. The number of nitrogens with zero attached hydrogens (tertiary/aromatic N) is 2. The van der Waals surface area contributed by atoms with E-state index in [2.05, 4.69) is 10.3 Å². The molecule has 0 bridgehead atoms. The molecule has 1 heterocycles. The molecule has 2 rings (SSSR count). The lowest BCUT2D eigenvalue weighted by atomic mass is 10.2. The molecule has 0 aliphatic heterocycles. The summed E-state index contributed by atoms with van der Waals surface area (Å²) in [5.74, 6) is 0.201. The van der Waals surface area contributed by atoms with Gasteiger partial charge in [0.2, 0.25) is 0 Å². The van der Waals surface area contributed by atoms with Crippen molar-refractivity contribution in [1.29, 1.82) is 0 Å². The van der Waals surface area contributed by atoms with Crippen LogP contribution in [-0.2, 0) is 0 Å². The molecule has 1 aromatic carbocycles. The Morgan fingerprint density at radius 3 is 2.48 bits per heavy atom. The minimum atomic E-state index is -0.282. The van der Waals surface area contributed by atoms with Gasteiger partial charge < -0.3 is 9.64 Å². The van der Waals surface area contributed by atoms with Crippen molar-refractivity contribution < 1.29 is 14.3 Å². The van der Waals surface area contributed by atoms with Crippen LogP contribution in [-0.4, -0.2) is 42.9 Å². The van der Waals surface area contributed by atoms with Crippen molar-refractivity contribution >= 4 is 28.3 Å². The van der Waals surface area contributed by atoms with Gasteiger partial charge >= 0.3 is 0 Å². The van der Waals surface area contributed by atoms with Crippen LogP contribution in [0, 0.1) is 0 Å². The molecule has 2 aromatic rings. The van der Waals surface area contributed by atoms with E-state index >= 15 is 0 Å². The summed E-state index contributed by atoms with van der Waals surface area (Å²) in [6.07, 6.45) is 0. The lowest BCUT2D eigenvalue weighted by Gasteiger charge is -2.06. The maximum Gasteiger partial charge on any atom is 0.272 e. The van der Waals surface area contributed by atoms with Gasteiger partial charge in [-0.2, -0.15) is 0 Å². The number of benzene rings is 1. The number of amides is 2. The van der Waals surface area contributed by atoms with Gasteiger partial charge in [0.15, 0.2) is 5.13 Å². The lowest BCUT2D eigenvalue weighted by molar-refractivity contribution is 0.0822. The monoisotopic (exact) mass is 305 g/mol. The molecule has 110 valence electrons. The first-order valence-corrected chi connectivity index (χ1v) is 7.02. The normalized spacial score (nSPS) is 10.0.